The summed E-state index contributed by atoms with van der Waals surface area (Å²) in [4.78, 5) is 26.2. The maximum atomic E-state index is 12.9. The maximum Gasteiger partial charge on any atom is 0.293 e. The van der Waals surface area contributed by atoms with Gasteiger partial charge in [-0.3, -0.25) is 14.5 Å². The van der Waals surface area contributed by atoms with E-state index >= 15 is 0 Å². The summed E-state index contributed by atoms with van der Waals surface area (Å²) >= 11 is 4.08. The van der Waals surface area contributed by atoms with Crippen LogP contribution in [0.1, 0.15) is 12.5 Å². The van der Waals surface area contributed by atoms with E-state index in [1.807, 2.05) is 0 Å². The molecule has 152 valence electrons. The summed E-state index contributed by atoms with van der Waals surface area (Å²) < 4.78 is 24.2. The fraction of sp³-hybridized carbons (Fsp3) is 0.200. The van der Waals surface area contributed by atoms with Crippen molar-refractivity contribution in [3.63, 3.8) is 0 Å². The smallest absolute Gasteiger partial charge is 0.293 e. The molecular formula is C20H17BrFNO5S. The minimum absolute atomic E-state index is 0.0324. The molecule has 0 radical (unpaired) electrons. The topological polar surface area (TPSA) is 76.1 Å². The highest BCUT2D eigenvalue weighted by Crippen LogP contribution is 2.38. The van der Waals surface area contributed by atoms with Gasteiger partial charge in [0.1, 0.15) is 18.2 Å². The monoisotopic (exact) mass is 481 g/mol. The number of hydrogen-bond donors (Lipinski definition) is 1. The van der Waals surface area contributed by atoms with E-state index in [9.17, 15) is 19.1 Å². The first-order valence-corrected chi connectivity index (χ1v) is 10.3. The van der Waals surface area contributed by atoms with Crippen LogP contribution in [-0.2, 0) is 4.79 Å². The number of phenols is 1. The second kappa shape index (κ2) is 9.32. The van der Waals surface area contributed by atoms with Crippen LogP contribution in [0.5, 0.6) is 17.2 Å². The first-order valence-electron chi connectivity index (χ1n) is 8.68. The van der Waals surface area contributed by atoms with Gasteiger partial charge >= 0.3 is 0 Å². The van der Waals surface area contributed by atoms with Gasteiger partial charge in [-0.05, 0) is 82.7 Å². The molecule has 9 heteroatoms. The fourth-order valence-corrected chi connectivity index (χ4v) is 3.90. The van der Waals surface area contributed by atoms with Crippen molar-refractivity contribution < 1.29 is 28.6 Å². The highest BCUT2D eigenvalue weighted by Gasteiger charge is 2.34. The minimum atomic E-state index is -0.426. The van der Waals surface area contributed by atoms with E-state index in [0.717, 1.165) is 16.7 Å². The van der Waals surface area contributed by atoms with Gasteiger partial charge in [0.15, 0.2) is 11.5 Å². The average Bonchev–Trinajstić information content (AvgIpc) is 2.94. The summed E-state index contributed by atoms with van der Waals surface area (Å²) in [6, 6.07) is 8.71. The van der Waals surface area contributed by atoms with Crippen LogP contribution in [0, 0.1) is 5.82 Å². The van der Waals surface area contributed by atoms with Gasteiger partial charge in [0.05, 0.1) is 22.5 Å². The van der Waals surface area contributed by atoms with Gasteiger partial charge in [-0.15, -0.1) is 0 Å². The van der Waals surface area contributed by atoms with Gasteiger partial charge in [-0.2, -0.15) is 0 Å². The zero-order valence-electron chi connectivity index (χ0n) is 15.4. The number of amides is 2. The van der Waals surface area contributed by atoms with E-state index in [0.29, 0.717) is 22.4 Å². The molecule has 1 fully saturated rings. The molecule has 1 heterocycles. The SMILES string of the molecule is CCOc1cc(/C=C2\SC(=O)N(CCOc3ccc(F)cc3)C2=O)cc(Br)c1O. The molecule has 1 aliphatic heterocycles. The van der Waals surface area contributed by atoms with Gasteiger partial charge < -0.3 is 14.6 Å². The molecule has 0 atom stereocenters. The molecule has 1 saturated heterocycles. The van der Waals surface area contributed by atoms with Crippen LogP contribution in [0.4, 0.5) is 9.18 Å². The number of nitrogens with zero attached hydrogens (tertiary/aromatic N) is 1. The van der Waals surface area contributed by atoms with E-state index in [1.54, 1.807) is 25.1 Å². The summed E-state index contributed by atoms with van der Waals surface area (Å²) in [6.45, 7) is 2.33. The van der Waals surface area contributed by atoms with Crippen LogP contribution in [-0.4, -0.2) is 40.9 Å². The Morgan fingerprint density at radius 3 is 2.62 bits per heavy atom. The number of ether oxygens (including phenoxy) is 2. The van der Waals surface area contributed by atoms with E-state index in [-0.39, 0.29) is 35.4 Å². The molecule has 1 aliphatic rings. The third kappa shape index (κ3) is 5.10. The molecule has 1 N–H and O–H groups in total. The number of carbonyl (C=O) groups excluding carboxylic acids is 2. The van der Waals surface area contributed by atoms with Gasteiger partial charge in [0.2, 0.25) is 0 Å². The molecule has 0 aliphatic carbocycles. The number of benzene rings is 2. The third-order valence-corrected chi connectivity index (χ3v) is 5.43. The first kappa shape index (κ1) is 21.2. The highest BCUT2D eigenvalue weighted by molar-refractivity contribution is 9.10. The summed E-state index contributed by atoms with van der Waals surface area (Å²) in [5.41, 5.74) is 0.603. The van der Waals surface area contributed by atoms with Crippen LogP contribution < -0.4 is 9.47 Å². The number of thioether (sulfide) groups is 1. The van der Waals surface area contributed by atoms with Gasteiger partial charge in [0.25, 0.3) is 11.1 Å². The Hall–Kier alpha value is -2.52. The Morgan fingerprint density at radius 1 is 1.21 bits per heavy atom. The number of aromatic hydroxyl groups is 1. The van der Waals surface area contributed by atoms with Crippen molar-refractivity contribution >= 4 is 44.9 Å². The lowest BCUT2D eigenvalue weighted by atomic mass is 10.2. The molecule has 2 aromatic rings. The van der Waals surface area contributed by atoms with Crippen molar-refractivity contribution in [1.82, 2.24) is 4.90 Å². The molecule has 3 rings (SSSR count). The van der Waals surface area contributed by atoms with Crippen LogP contribution in [0.25, 0.3) is 6.08 Å². The second-order valence-corrected chi connectivity index (χ2v) is 7.77. The summed E-state index contributed by atoms with van der Waals surface area (Å²) in [7, 11) is 0. The van der Waals surface area contributed by atoms with E-state index in [1.165, 1.54) is 24.3 Å². The number of hydrogen-bond acceptors (Lipinski definition) is 6. The molecule has 2 amide bonds. The third-order valence-electron chi connectivity index (χ3n) is 3.92. The first-order chi connectivity index (χ1) is 13.9. The number of halogens is 2. The van der Waals surface area contributed by atoms with Crippen molar-refractivity contribution in [2.45, 2.75) is 6.92 Å². The van der Waals surface area contributed by atoms with Crippen LogP contribution in [0.2, 0.25) is 0 Å². The van der Waals surface area contributed by atoms with Crippen molar-refractivity contribution in [3.05, 3.63) is 57.2 Å². The molecule has 0 saturated carbocycles. The van der Waals surface area contributed by atoms with Crippen molar-refractivity contribution in [1.29, 1.82) is 0 Å². The molecule has 29 heavy (non-hydrogen) atoms. The second-order valence-electron chi connectivity index (χ2n) is 5.92. The zero-order valence-corrected chi connectivity index (χ0v) is 17.8. The highest BCUT2D eigenvalue weighted by atomic mass is 79.9. The fourth-order valence-electron chi connectivity index (χ4n) is 2.57. The van der Waals surface area contributed by atoms with Crippen molar-refractivity contribution in [2.75, 3.05) is 19.8 Å². The number of imide groups is 1. The normalized spacial score (nSPS) is 15.3. The lowest BCUT2D eigenvalue weighted by Crippen LogP contribution is -2.32. The Morgan fingerprint density at radius 2 is 1.93 bits per heavy atom. The Bertz CT molecular complexity index is 964. The molecule has 0 spiro atoms. The average molecular weight is 482 g/mol. The van der Waals surface area contributed by atoms with Gasteiger partial charge in [0, 0.05) is 0 Å². The molecule has 2 aromatic carbocycles. The molecule has 0 unspecified atom stereocenters. The van der Waals surface area contributed by atoms with Crippen molar-refractivity contribution in [3.8, 4) is 17.2 Å². The quantitative estimate of drug-likeness (QED) is 0.572. The van der Waals surface area contributed by atoms with Crippen LogP contribution in [0.3, 0.4) is 0 Å². The zero-order chi connectivity index (χ0) is 21.0. The largest absolute Gasteiger partial charge is 0.503 e. The summed E-state index contributed by atoms with van der Waals surface area (Å²) in [5.74, 6) is -0.104. The standard InChI is InChI=1S/C20H17BrFNO5S/c1-2-27-16-10-12(9-15(21)18(16)24)11-17-19(25)23(20(26)29-17)7-8-28-14-5-3-13(22)4-6-14/h3-6,9-11,24H,2,7-8H2,1H3/b17-11-. The number of rotatable bonds is 7. The molecule has 0 bridgehead atoms. The lowest BCUT2D eigenvalue weighted by Gasteiger charge is -2.13. The van der Waals surface area contributed by atoms with E-state index < -0.39 is 11.1 Å². The molecular weight excluding hydrogens is 465 g/mol. The number of carbonyl (C=O) groups is 2. The number of phenolic OH excluding ortho intramolecular Hbond substituents is 1. The van der Waals surface area contributed by atoms with Crippen molar-refractivity contribution in [2.24, 2.45) is 0 Å². The molecule has 0 aromatic heterocycles. The van der Waals surface area contributed by atoms with Gasteiger partial charge in [-0.1, -0.05) is 0 Å². The Labute approximate surface area is 179 Å². The predicted molar refractivity (Wildman–Crippen MR) is 112 cm³/mol. The predicted octanol–water partition coefficient (Wildman–Crippen LogP) is 4.81. The van der Waals surface area contributed by atoms with Crippen LogP contribution >= 0.6 is 27.7 Å². The lowest BCUT2D eigenvalue weighted by molar-refractivity contribution is -0.123. The van der Waals surface area contributed by atoms with E-state index in [2.05, 4.69) is 15.9 Å². The van der Waals surface area contributed by atoms with Gasteiger partial charge in [-0.25, -0.2) is 4.39 Å². The van der Waals surface area contributed by atoms with E-state index in [4.69, 9.17) is 9.47 Å². The Balaban J connectivity index is 1.69. The summed E-state index contributed by atoms with van der Waals surface area (Å²) in [5, 5.41) is 9.60. The Kier molecular flexibility index (Phi) is 6.81. The summed E-state index contributed by atoms with van der Waals surface area (Å²) in [6.07, 6.45) is 1.57. The van der Waals surface area contributed by atoms with Crippen LogP contribution in [0.15, 0.2) is 45.8 Å². The molecule has 6 nitrogen and oxygen atoms in total. The minimum Gasteiger partial charge on any atom is -0.503 e. The maximum absolute atomic E-state index is 12.9.